The Morgan fingerprint density at radius 1 is 0.939 bits per heavy atom. The molecule has 9 heteroatoms. The number of nitrogens with one attached hydrogen (secondary N) is 1. The average molecular weight is 486 g/mol. The first-order valence-electron chi connectivity index (χ1n) is 10.7. The molecule has 172 valence electrons. The number of aromatic nitrogens is 2. The molecule has 0 atom stereocenters. The van der Waals surface area contributed by atoms with Crippen LogP contribution in [0.4, 0.5) is 11.5 Å². The van der Waals surface area contributed by atoms with Gasteiger partial charge in [-0.25, -0.2) is 0 Å². The number of benzene rings is 2. The molecule has 1 aliphatic rings. The van der Waals surface area contributed by atoms with E-state index < -0.39 is 0 Å². The molecule has 2 heterocycles. The van der Waals surface area contributed by atoms with E-state index in [-0.39, 0.29) is 5.91 Å². The molecule has 0 bridgehead atoms. The lowest BCUT2D eigenvalue weighted by atomic mass is 10.1. The van der Waals surface area contributed by atoms with Crippen molar-refractivity contribution in [2.24, 2.45) is 0 Å². The molecular formula is C24H25Cl2N5O2. The minimum absolute atomic E-state index is 0.143. The topological polar surface area (TPSA) is 70.6 Å². The molecule has 33 heavy (non-hydrogen) atoms. The summed E-state index contributed by atoms with van der Waals surface area (Å²) >= 11 is 12.0. The lowest BCUT2D eigenvalue weighted by molar-refractivity contribution is -0.129. The summed E-state index contributed by atoms with van der Waals surface area (Å²) in [4.78, 5) is 15.7. The third-order valence-corrected chi connectivity index (χ3v) is 5.89. The van der Waals surface area contributed by atoms with Crippen LogP contribution in [-0.4, -0.2) is 47.2 Å². The number of piperazine rings is 1. The predicted molar refractivity (Wildman–Crippen MR) is 131 cm³/mol. The highest BCUT2D eigenvalue weighted by Crippen LogP contribution is 2.21. The summed E-state index contributed by atoms with van der Waals surface area (Å²) in [7, 11) is 0. The Kier molecular flexibility index (Phi) is 7.52. The molecule has 1 amide bonds. The molecule has 1 saturated heterocycles. The van der Waals surface area contributed by atoms with Crippen LogP contribution in [-0.2, 0) is 17.9 Å². The van der Waals surface area contributed by atoms with Crippen LogP contribution in [0.25, 0.3) is 0 Å². The van der Waals surface area contributed by atoms with Crippen LogP contribution in [0.2, 0.25) is 10.0 Å². The summed E-state index contributed by atoms with van der Waals surface area (Å²) in [6, 6.07) is 17.3. The van der Waals surface area contributed by atoms with Gasteiger partial charge in [0.15, 0.2) is 0 Å². The van der Waals surface area contributed by atoms with Crippen LogP contribution in [0.5, 0.6) is 5.88 Å². The third kappa shape index (κ3) is 6.49. The Labute approximate surface area is 203 Å². The van der Waals surface area contributed by atoms with Gasteiger partial charge >= 0.3 is 0 Å². The van der Waals surface area contributed by atoms with E-state index in [1.807, 2.05) is 11.0 Å². The van der Waals surface area contributed by atoms with E-state index >= 15 is 0 Å². The highest BCUT2D eigenvalue weighted by molar-refractivity contribution is 6.34. The number of nitrogens with zero attached hydrogens (tertiary/aromatic N) is 4. The molecule has 0 saturated carbocycles. The van der Waals surface area contributed by atoms with Gasteiger partial charge in [-0.05, 0) is 47.5 Å². The van der Waals surface area contributed by atoms with Crippen molar-refractivity contribution < 1.29 is 9.53 Å². The molecule has 4 rings (SSSR count). The summed E-state index contributed by atoms with van der Waals surface area (Å²) in [6.07, 6.45) is 0. The summed E-state index contributed by atoms with van der Waals surface area (Å²) in [6.45, 7) is 5.80. The maximum absolute atomic E-state index is 11.5. The lowest BCUT2D eigenvalue weighted by Gasteiger charge is -2.35. The van der Waals surface area contributed by atoms with Crippen LogP contribution >= 0.6 is 23.2 Å². The van der Waals surface area contributed by atoms with Crippen LogP contribution < -0.4 is 15.0 Å². The predicted octanol–water partition coefficient (Wildman–Crippen LogP) is 4.64. The Balaban J connectivity index is 1.25. The molecule has 3 aromatic rings. The third-order valence-electron chi connectivity index (χ3n) is 5.45. The SMILES string of the molecule is CC(=O)N1CCN(c2ccc(CNc3ccc(OCc4cc(Cl)cc(Cl)c4)nn3)cc2)CC1. The normalized spacial score (nSPS) is 13.7. The first-order valence-corrected chi connectivity index (χ1v) is 11.5. The number of anilines is 2. The molecule has 0 radical (unpaired) electrons. The molecule has 0 aliphatic carbocycles. The molecule has 0 spiro atoms. The number of rotatable bonds is 7. The Bertz CT molecular complexity index is 1060. The highest BCUT2D eigenvalue weighted by atomic mass is 35.5. The highest BCUT2D eigenvalue weighted by Gasteiger charge is 2.18. The molecule has 1 aromatic heterocycles. The molecular weight excluding hydrogens is 461 g/mol. The molecule has 1 N–H and O–H groups in total. The molecule has 7 nitrogen and oxygen atoms in total. The zero-order valence-corrected chi connectivity index (χ0v) is 19.8. The van der Waals surface area contributed by atoms with Gasteiger partial charge in [-0.15, -0.1) is 10.2 Å². The van der Waals surface area contributed by atoms with Crippen molar-refractivity contribution in [2.75, 3.05) is 36.4 Å². The zero-order valence-electron chi connectivity index (χ0n) is 18.3. The molecule has 1 aliphatic heterocycles. The second kappa shape index (κ2) is 10.7. The van der Waals surface area contributed by atoms with Gasteiger partial charge < -0.3 is 19.9 Å². The van der Waals surface area contributed by atoms with E-state index in [9.17, 15) is 4.79 Å². The maximum atomic E-state index is 11.5. The average Bonchev–Trinajstić information content (AvgIpc) is 2.82. The monoisotopic (exact) mass is 485 g/mol. The van der Waals surface area contributed by atoms with Gasteiger partial charge in [-0.1, -0.05) is 35.3 Å². The summed E-state index contributed by atoms with van der Waals surface area (Å²) in [5.41, 5.74) is 3.17. The first-order chi connectivity index (χ1) is 16.0. The van der Waals surface area contributed by atoms with Crippen LogP contribution in [0.3, 0.4) is 0 Å². The van der Waals surface area contributed by atoms with Gasteiger partial charge in [0.25, 0.3) is 0 Å². The smallest absolute Gasteiger partial charge is 0.233 e. The van der Waals surface area contributed by atoms with Crippen LogP contribution in [0.15, 0.2) is 54.6 Å². The van der Waals surface area contributed by atoms with Crippen molar-refractivity contribution in [3.05, 3.63) is 75.8 Å². The molecule has 2 aromatic carbocycles. The zero-order chi connectivity index (χ0) is 23.2. The summed E-state index contributed by atoms with van der Waals surface area (Å²) < 4.78 is 5.67. The number of carbonyl (C=O) groups excluding carboxylic acids is 1. The Hall–Kier alpha value is -3.03. The Morgan fingerprint density at radius 3 is 2.24 bits per heavy atom. The number of hydrogen-bond acceptors (Lipinski definition) is 6. The number of halogens is 2. The van der Waals surface area contributed by atoms with E-state index in [2.05, 4.69) is 44.7 Å². The number of ether oxygens (including phenoxy) is 1. The van der Waals surface area contributed by atoms with E-state index in [0.29, 0.717) is 34.9 Å². The maximum Gasteiger partial charge on any atom is 0.233 e. The van der Waals surface area contributed by atoms with Crippen molar-refractivity contribution >= 4 is 40.6 Å². The van der Waals surface area contributed by atoms with Gasteiger partial charge in [0.2, 0.25) is 11.8 Å². The standard InChI is InChI=1S/C24H25Cl2N5O2/c1-17(32)30-8-10-31(11-9-30)22-4-2-18(3-5-22)15-27-23-6-7-24(29-28-23)33-16-19-12-20(25)14-21(26)13-19/h2-7,12-14H,8-11,15-16H2,1H3,(H,27,28). The second-order valence-corrected chi connectivity index (χ2v) is 8.71. The summed E-state index contributed by atoms with van der Waals surface area (Å²) in [5.74, 6) is 1.23. The fourth-order valence-electron chi connectivity index (χ4n) is 3.64. The van der Waals surface area contributed by atoms with Crippen molar-refractivity contribution in [1.82, 2.24) is 15.1 Å². The number of hydrogen-bond donors (Lipinski definition) is 1. The van der Waals surface area contributed by atoms with Gasteiger partial charge in [-0.2, -0.15) is 0 Å². The first kappa shape index (κ1) is 23.1. The largest absolute Gasteiger partial charge is 0.472 e. The van der Waals surface area contributed by atoms with Crippen molar-refractivity contribution in [1.29, 1.82) is 0 Å². The van der Waals surface area contributed by atoms with Crippen molar-refractivity contribution in [3.63, 3.8) is 0 Å². The van der Waals surface area contributed by atoms with Gasteiger partial charge in [0.05, 0.1) is 0 Å². The number of carbonyl (C=O) groups is 1. The van der Waals surface area contributed by atoms with Gasteiger partial charge in [-0.3, -0.25) is 4.79 Å². The lowest BCUT2D eigenvalue weighted by Crippen LogP contribution is -2.48. The van der Waals surface area contributed by atoms with Gasteiger partial charge in [0.1, 0.15) is 12.4 Å². The number of amides is 1. The quantitative estimate of drug-likeness (QED) is 0.525. The minimum atomic E-state index is 0.143. The summed E-state index contributed by atoms with van der Waals surface area (Å²) in [5, 5.41) is 12.7. The molecule has 0 unspecified atom stereocenters. The second-order valence-electron chi connectivity index (χ2n) is 7.84. The van der Waals surface area contributed by atoms with E-state index in [1.54, 1.807) is 31.2 Å². The fraction of sp³-hybridized carbons (Fsp3) is 0.292. The van der Waals surface area contributed by atoms with Crippen LogP contribution in [0, 0.1) is 0 Å². The molecule has 1 fully saturated rings. The Morgan fingerprint density at radius 2 is 1.64 bits per heavy atom. The van der Waals surface area contributed by atoms with Crippen LogP contribution in [0.1, 0.15) is 18.1 Å². The fourth-order valence-corrected chi connectivity index (χ4v) is 4.21. The van der Waals surface area contributed by atoms with Gasteiger partial charge in [0, 0.05) is 61.4 Å². The minimum Gasteiger partial charge on any atom is -0.472 e. The van der Waals surface area contributed by atoms with E-state index in [4.69, 9.17) is 27.9 Å². The van der Waals surface area contributed by atoms with Crippen molar-refractivity contribution in [2.45, 2.75) is 20.1 Å². The van der Waals surface area contributed by atoms with Crippen molar-refractivity contribution in [3.8, 4) is 5.88 Å². The van der Waals surface area contributed by atoms with E-state index in [1.165, 1.54) is 5.69 Å². The van der Waals surface area contributed by atoms with E-state index in [0.717, 1.165) is 37.3 Å².